The highest BCUT2D eigenvalue weighted by atomic mass is 16.6. The molecule has 0 saturated heterocycles. The maximum Gasteiger partial charge on any atom is 0.306 e. The van der Waals surface area contributed by atoms with Gasteiger partial charge in [0.05, 0.1) is 0 Å². The first-order chi connectivity index (χ1) is 23.9. The van der Waals surface area contributed by atoms with Crippen LogP contribution < -0.4 is 0 Å². The Kier molecular flexibility index (Phi) is 36.4. The van der Waals surface area contributed by atoms with Gasteiger partial charge in [-0.1, -0.05) is 195 Å². The Balaban J connectivity index is 4.22. The molecule has 0 aliphatic rings. The molecule has 0 aromatic rings. The first-order valence-electron chi connectivity index (χ1n) is 21.4. The Morgan fingerprint density at radius 2 is 0.673 bits per heavy atom. The van der Waals surface area contributed by atoms with Crippen molar-refractivity contribution in [3.8, 4) is 0 Å². The smallest absolute Gasteiger partial charge is 0.306 e. The predicted octanol–water partition coefficient (Wildman–Crippen LogP) is 13.2. The third kappa shape index (κ3) is 37.5. The van der Waals surface area contributed by atoms with E-state index in [-0.39, 0.29) is 31.1 Å². The lowest BCUT2D eigenvalue weighted by atomic mass is 10.0. The van der Waals surface area contributed by atoms with Gasteiger partial charge in [0.1, 0.15) is 13.2 Å². The molecule has 290 valence electrons. The summed E-state index contributed by atoms with van der Waals surface area (Å²) in [4.78, 5) is 37.4. The highest BCUT2D eigenvalue weighted by Crippen LogP contribution is 2.16. The van der Waals surface area contributed by atoms with Gasteiger partial charge in [0.2, 0.25) is 0 Å². The molecule has 0 N–H and O–H groups in total. The van der Waals surface area contributed by atoms with Gasteiger partial charge in [0.25, 0.3) is 0 Å². The van der Waals surface area contributed by atoms with E-state index in [9.17, 15) is 14.4 Å². The van der Waals surface area contributed by atoms with Crippen LogP contribution in [0.2, 0.25) is 0 Å². The summed E-state index contributed by atoms with van der Waals surface area (Å²) in [7, 11) is 0. The number of esters is 3. The van der Waals surface area contributed by atoms with Crippen LogP contribution in [-0.2, 0) is 28.6 Å². The molecule has 0 aliphatic carbocycles. The Labute approximate surface area is 304 Å². The molecule has 0 saturated carbocycles. The highest BCUT2D eigenvalue weighted by molar-refractivity contribution is 5.71. The van der Waals surface area contributed by atoms with Crippen molar-refractivity contribution in [1.29, 1.82) is 0 Å². The van der Waals surface area contributed by atoms with E-state index in [1.54, 1.807) is 0 Å². The fourth-order valence-corrected chi connectivity index (χ4v) is 6.27. The van der Waals surface area contributed by atoms with Crippen LogP contribution in [0.4, 0.5) is 0 Å². The molecule has 6 nitrogen and oxygen atoms in total. The number of carbonyl (C=O) groups excluding carboxylic acids is 3. The lowest BCUT2D eigenvalue weighted by Gasteiger charge is -2.18. The number of hydrogen-bond acceptors (Lipinski definition) is 6. The van der Waals surface area contributed by atoms with Crippen molar-refractivity contribution in [1.82, 2.24) is 0 Å². The number of unbranched alkanes of at least 4 members (excludes halogenated alkanes) is 25. The largest absolute Gasteiger partial charge is 0.462 e. The van der Waals surface area contributed by atoms with Crippen LogP contribution in [0.5, 0.6) is 0 Å². The van der Waals surface area contributed by atoms with Crippen molar-refractivity contribution in [2.75, 3.05) is 13.2 Å². The maximum absolute atomic E-state index is 12.6. The minimum Gasteiger partial charge on any atom is -0.462 e. The van der Waals surface area contributed by atoms with Gasteiger partial charge in [0, 0.05) is 19.3 Å². The van der Waals surface area contributed by atoms with Crippen LogP contribution >= 0.6 is 0 Å². The first kappa shape index (κ1) is 47.4. The number of ether oxygens (including phenoxy) is 3. The van der Waals surface area contributed by atoms with E-state index in [1.807, 2.05) is 0 Å². The van der Waals surface area contributed by atoms with Crippen molar-refractivity contribution in [2.24, 2.45) is 5.92 Å². The molecule has 0 amide bonds. The summed E-state index contributed by atoms with van der Waals surface area (Å²) in [6.45, 7) is 8.93. The average Bonchev–Trinajstić information content (AvgIpc) is 3.08. The SMILES string of the molecule is CCCCCCCCCCCC(=O)OC[C@H](COC(=O)CCCCCCCCCCCCCCC(C)C)OC(=O)CCCCCCCCC. The van der Waals surface area contributed by atoms with Crippen LogP contribution in [-0.4, -0.2) is 37.2 Å². The number of rotatable bonds is 38. The van der Waals surface area contributed by atoms with E-state index in [2.05, 4.69) is 27.7 Å². The molecule has 0 rings (SSSR count). The van der Waals surface area contributed by atoms with Gasteiger partial charge in [-0.3, -0.25) is 14.4 Å². The molecule has 49 heavy (non-hydrogen) atoms. The summed E-state index contributed by atoms with van der Waals surface area (Å²) in [6, 6.07) is 0. The Morgan fingerprint density at radius 3 is 1.00 bits per heavy atom. The molecular formula is C43H82O6. The molecule has 0 spiro atoms. The normalized spacial score (nSPS) is 11.9. The summed E-state index contributed by atoms with van der Waals surface area (Å²) in [5.74, 6) is -0.0333. The van der Waals surface area contributed by atoms with Gasteiger partial charge in [0.15, 0.2) is 6.10 Å². The lowest BCUT2D eigenvalue weighted by molar-refractivity contribution is -0.167. The van der Waals surface area contributed by atoms with Crippen molar-refractivity contribution in [2.45, 2.75) is 239 Å². The molecular weight excluding hydrogens is 612 g/mol. The fraction of sp³-hybridized carbons (Fsp3) is 0.930. The van der Waals surface area contributed by atoms with E-state index < -0.39 is 6.10 Å². The zero-order valence-corrected chi connectivity index (χ0v) is 33.1. The summed E-state index contributed by atoms with van der Waals surface area (Å²) >= 11 is 0. The summed E-state index contributed by atoms with van der Waals surface area (Å²) in [5.41, 5.74) is 0. The molecule has 0 heterocycles. The van der Waals surface area contributed by atoms with Gasteiger partial charge in [-0.25, -0.2) is 0 Å². The monoisotopic (exact) mass is 695 g/mol. The van der Waals surface area contributed by atoms with E-state index >= 15 is 0 Å². The van der Waals surface area contributed by atoms with Gasteiger partial charge < -0.3 is 14.2 Å². The van der Waals surface area contributed by atoms with E-state index in [0.717, 1.165) is 63.7 Å². The minimum absolute atomic E-state index is 0.0649. The molecule has 0 fully saturated rings. The molecule has 0 aliphatic heterocycles. The van der Waals surface area contributed by atoms with Crippen molar-refractivity contribution in [3.05, 3.63) is 0 Å². The van der Waals surface area contributed by atoms with Gasteiger partial charge in [-0.2, -0.15) is 0 Å². The van der Waals surface area contributed by atoms with Crippen molar-refractivity contribution < 1.29 is 28.6 Å². The lowest BCUT2D eigenvalue weighted by Crippen LogP contribution is -2.30. The Hall–Kier alpha value is -1.59. The molecule has 0 aromatic carbocycles. The average molecular weight is 695 g/mol. The maximum atomic E-state index is 12.6. The predicted molar refractivity (Wildman–Crippen MR) is 206 cm³/mol. The summed E-state index contributed by atoms with van der Waals surface area (Å²) in [6.07, 6.45) is 35.3. The van der Waals surface area contributed by atoms with Crippen molar-refractivity contribution in [3.63, 3.8) is 0 Å². The fourth-order valence-electron chi connectivity index (χ4n) is 6.27. The zero-order valence-electron chi connectivity index (χ0n) is 33.1. The van der Waals surface area contributed by atoms with E-state index in [4.69, 9.17) is 14.2 Å². The van der Waals surface area contributed by atoms with Gasteiger partial charge in [-0.15, -0.1) is 0 Å². The van der Waals surface area contributed by atoms with Gasteiger partial charge in [-0.05, 0) is 25.2 Å². The first-order valence-corrected chi connectivity index (χ1v) is 21.4. The Bertz CT molecular complexity index is 736. The highest BCUT2D eigenvalue weighted by Gasteiger charge is 2.19. The molecule has 0 bridgehead atoms. The van der Waals surface area contributed by atoms with Crippen LogP contribution in [0.15, 0.2) is 0 Å². The van der Waals surface area contributed by atoms with E-state index in [0.29, 0.717) is 19.3 Å². The standard InChI is InChI=1S/C43H82O6/c1-5-7-9-11-13-18-23-26-30-34-41(44)47-37-40(49-43(46)36-32-28-21-12-10-8-6-2)38-48-42(45)35-31-27-24-20-17-15-14-16-19-22-25-29-33-39(3)4/h39-40H,5-38H2,1-4H3/t40-/m1/s1. The summed E-state index contributed by atoms with van der Waals surface area (Å²) in [5, 5.41) is 0. The second-order valence-corrected chi connectivity index (χ2v) is 15.1. The second-order valence-electron chi connectivity index (χ2n) is 15.1. The molecule has 0 unspecified atom stereocenters. The van der Waals surface area contributed by atoms with Gasteiger partial charge >= 0.3 is 17.9 Å². The quantitative estimate of drug-likeness (QED) is 0.0364. The van der Waals surface area contributed by atoms with Crippen LogP contribution in [0.3, 0.4) is 0 Å². The molecule has 6 heteroatoms. The van der Waals surface area contributed by atoms with Crippen molar-refractivity contribution >= 4 is 17.9 Å². The number of hydrogen-bond donors (Lipinski definition) is 0. The third-order valence-corrected chi connectivity index (χ3v) is 9.54. The second kappa shape index (κ2) is 37.7. The topological polar surface area (TPSA) is 78.9 Å². The third-order valence-electron chi connectivity index (χ3n) is 9.54. The Morgan fingerprint density at radius 1 is 0.388 bits per heavy atom. The van der Waals surface area contributed by atoms with Crippen LogP contribution in [0, 0.1) is 5.92 Å². The summed E-state index contributed by atoms with van der Waals surface area (Å²) < 4.78 is 16.6. The molecule has 1 atom stereocenters. The zero-order chi connectivity index (χ0) is 36.0. The number of carbonyl (C=O) groups is 3. The minimum atomic E-state index is -0.756. The van der Waals surface area contributed by atoms with Crippen LogP contribution in [0.25, 0.3) is 0 Å². The van der Waals surface area contributed by atoms with E-state index in [1.165, 1.54) is 128 Å². The van der Waals surface area contributed by atoms with Crippen LogP contribution in [0.1, 0.15) is 233 Å². The molecule has 0 radical (unpaired) electrons. The molecule has 0 aromatic heterocycles.